The first-order valence-electron chi connectivity index (χ1n) is 6.59. The maximum Gasteiger partial charge on any atom is 0.387 e. The van der Waals surface area contributed by atoms with E-state index in [4.69, 9.17) is 0 Å². The Morgan fingerprint density at radius 3 is 2.68 bits per heavy atom. The number of nitrogens with zero attached hydrogens (tertiary/aromatic N) is 1. The third-order valence-electron chi connectivity index (χ3n) is 3.30. The Bertz CT molecular complexity index is 378. The summed E-state index contributed by atoms with van der Waals surface area (Å²) in [6.07, 6.45) is 2.48. The van der Waals surface area contributed by atoms with E-state index in [9.17, 15) is 8.78 Å². The Hall–Kier alpha value is -1.20. The lowest BCUT2D eigenvalue weighted by Crippen LogP contribution is -2.34. The largest absolute Gasteiger partial charge is 0.435 e. The monoisotopic (exact) mass is 270 g/mol. The summed E-state index contributed by atoms with van der Waals surface area (Å²) in [5, 5.41) is 3.46. The van der Waals surface area contributed by atoms with Crippen LogP contribution in [0.5, 0.6) is 5.75 Å². The smallest absolute Gasteiger partial charge is 0.387 e. The van der Waals surface area contributed by atoms with Crippen molar-refractivity contribution in [3.8, 4) is 5.75 Å². The van der Waals surface area contributed by atoms with E-state index in [1.54, 1.807) is 12.1 Å². The molecule has 1 heterocycles. The molecule has 1 unspecified atom stereocenters. The van der Waals surface area contributed by atoms with Gasteiger partial charge in [0.1, 0.15) is 5.75 Å². The zero-order valence-electron chi connectivity index (χ0n) is 11.1. The van der Waals surface area contributed by atoms with E-state index in [2.05, 4.69) is 22.0 Å². The van der Waals surface area contributed by atoms with Gasteiger partial charge in [0.25, 0.3) is 0 Å². The number of halogens is 2. The molecule has 0 saturated carbocycles. The van der Waals surface area contributed by atoms with Gasteiger partial charge in [-0.05, 0) is 44.1 Å². The lowest BCUT2D eigenvalue weighted by Gasteiger charge is -2.21. The number of nitrogens with one attached hydrogen (secondary N) is 1. The van der Waals surface area contributed by atoms with Crippen LogP contribution in [-0.4, -0.2) is 37.7 Å². The zero-order valence-corrected chi connectivity index (χ0v) is 11.1. The van der Waals surface area contributed by atoms with Gasteiger partial charge in [-0.15, -0.1) is 0 Å². The van der Waals surface area contributed by atoms with Gasteiger partial charge in [0.05, 0.1) is 0 Å². The summed E-state index contributed by atoms with van der Waals surface area (Å²) in [5.41, 5.74) is 1.10. The molecule has 1 atom stereocenters. The summed E-state index contributed by atoms with van der Waals surface area (Å²) in [4.78, 5) is 2.24. The highest BCUT2D eigenvalue weighted by Crippen LogP contribution is 2.16. The van der Waals surface area contributed by atoms with E-state index in [-0.39, 0.29) is 5.75 Å². The molecule has 3 nitrogen and oxygen atoms in total. The van der Waals surface area contributed by atoms with Crippen LogP contribution in [0.3, 0.4) is 0 Å². The Labute approximate surface area is 112 Å². The molecule has 5 heteroatoms. The molecule has 1 fully saturated rings. The normalized spacial score (nSPS) is 19.3. The number of likely N-dealkylation sites (N-methyl/N-ethyl adjacent to an activating group) is 1. The van der Waals surface area contributed by atoms with Crippen molar-refractivity contribution in [1.82, 2.24) is 10.2 Å². The fourth-order valence-corrected chi connectivity index (χ4v) is 2.44. The number of rotatable bonds is 6. The Morgan fingerprint density at radius 1 is 1.37 bits per heavy atom. The number of benzene rings is 1. The van der Waals surface area contributed by atoms with Crippen molar-refractivity contribution in [2.75, 3.05) is 20.1 Å². The lowest BCUT2D eigenvalue weighted by molar-refractivity contribution is -0.0498. The van der Waals surface area contributed by atoms with Gasteiger partial charge >= 0.3 is 6.61 Å². The Morgan fingerprint density at radius 2 is 2.11 bits per heavy atom. The molecule has 1 aliphatic heterocycles. The Balaban J connectivity index is 1.81. The van der Waals surface area contributed by atoms with Crippen LogP contribution in [0.15, 0.2) is 24.3 Å². The van der Waals surface area contributed by atoms with Crippen LogP contribution < -0.4 is 10.1 Å². The predicted octanol–water partition coefficient (Wildman–Crippen LogP) is 2.47. The number of hydrogen-bond acceptors (Lipinski definition) is 3. The minimum absolute atomic E-state index is 0.207. The van der Waals surface area contributed by atoms with Crippen LogP contribution in [0.25, 0.3) is 0 Å². The summed E-state index contributed by atoms with van der Waals surface area (Å²) in [5.74, 6) is 0.207. The summed E-state index contributed by atoms with van der Waals surface area (Å²) < 4.78 is 28.4. The van der Waals surface area contributed by atoms with Crippen molar-refractivity contribution in [1.29, 1.82) is 0 Å². The average molecular weight is 270 g/mol. The predicted molar refractivity (Wildman–Crippen MR) is 70.4 cm³/mol. The molecular formula is C14H20F2N2O. The molecule has 0 aromatic heterocycles. The van der Waals surface area contributed by atoms with Gasteiger partial charge in [-0.3, -0.25) is 0 Å². The van der Waals surface area contributed by atoms with E-state index >= 15 is 0 Å². The number of hydrogen-bond donors (Lipinski definition) is 1. The standard InChI is InChI=1S/C14H20F2N2O/c1-18(10-12-3-2-8-17-12)9-11-4-6-13(7-5-11)19-14(15)16/h4-7,12,14,17H,2-3,8-10H2,1H3. The molecule has 1 aliphatic rings. The molecule has 0 bridgehead atoms. The van der Waals surface area contributed by atoms with E-state index in [1.165, 1.54) is 12.8 Å². The first-order chi connectivity index (χ1) is 9.13. The molecule has 1 N–H and O–H groups in total. The van der Waals surface area contributed by atoms with Crippen LogP contribution in [0, 0.1) is 0 Å². The number of alkyl halides is 2. The summed E-state index contributed by atoms with van der Waals surface area (Å²) >= 11 is 0. The molecule has 1 saturated heterocycles. The van der Waals surface area contributed by atoms with Crippen molar-refractivity contribution in [2.45, 2.75) is 32.0 Å². The zero-order chi connectivity index (χ0) is 13.7. The fraction of sp³-hybridized carbons (Fsp3) is 0.571. The summed E-state index contributed by atoms with van der Waals surface area (Å²) in [7, 11) is 2.07. The van der Waals surface area contributed by atoms with E-state index < -0.39 is 6.61 Å². The third-order valence-corrected chi connectivity index (χ3v) is 3.30. The maximum atomic E-state index is 12.0. The van der Waals surface area contributed by atoms with Crippen molar-refractivity contribution in [3.63, 3.8) is 0 Å². The van der Waals surface area contributed by atoms with Gasteiger partial charge in [0.15, 0.2) is 0 Å². The van der Waals surface area contributed by atoms with E-state index in [0.717, 1.165) is 25.2 Å². The highest BCUT2D eigenvalue weighted by Gasteiger charge is 2.15. The average Bonchev–Trinajstić information content (AvgIpc) is 2.83. The van der Waals surface area contributed by atoms with Crippen molar-refractivity contribution in [2.24, 2.45) is 0 Å². The van der Waals surface area contributed by atoms with E-state index in [1.807, 2.05) is 12.1 Å². The number of ether oxygens (including phenoxy) is 1. The van der Waals surface area contributed by atoms with Crippen molar-refractivity contribution >= 4 is 0 Å². The highest BCUT2D eigenvalue weighted by atomic mass is 19.3. The van der Waals surface area contributed by atoms with Crippen LogP contribution in [0.4, 0.5) is 8.78 Å². The van der Waals surface area contributed by atoms with Crippen LogP contribution in [0.2, 0.25) is 0 Å². The van der Waals surface area contributed by atoms with Gasteiger partial charge in [0, 0.05) is 19.1 Å². The molecule has 19 heavy (non-hydrogen) atoms. The SMILES string of the molecule is CN(Cc1ccc(OC(F)F)cc1)CC1CCCN1. The molecule has 2 rings (SSSR count). The van der Waals surface area contributed by atoms with Gasteiger partial charge in [0.2, 0.25) is 0 Å². The topological polar surface area (TPSA) is 24.5 Å². The second kappa shape index (κ2) is 6.82. The molecular weight excluding hydrogens is 250 g/mol. The van der Waals surface area contributed by atoms with Crippen molar-refractivity contribution < 1.29 is 13.5 Å². The van der Waals surface area contributed by atoms with E-state index in [0.29, 0.717) is 6.04 Å². The van der Waals surface area contributed by atoms with Gasteiger partial charge in [-0.25, -0.2) is 0 Å². The van der Waals surface area contributed by atoms with Crippen LogP contribution in [-0.2, 0) is 6.54 Å². The molecule has 0 aliphatic carbocycles. The molecule has 1 aromatic rings. The van der Waals surface area contributed by atoms with Gasteiger partial charge < -0.3 is 15.0 Å². The second-order valence-electron chi connectivity index (χ2n) is 5.01. The van der Waals surface area contributed by atoms with Gasteiger partial charge in [-0.1, -0.05) is 12.1 Å². The van der Waals surface area contributed by atoms with Crippen molar-refractivity contribution in [3.05, 3.63) is 29.8 Å². The maximum absolute atomic E-state index is 12.0. The minimum atomic E-state index is -2.76. The molecule has 0 spiro atoms. The quantitative estimate of drug-likeness (QED) is 0.859. The van der Waals surface area contributed by atoms with Crippen LogP contribution >= 0.6 is 0 Å². The fourth-order valence-electron chi connectivity index (χ4n) is 2.44. The first-order valence-corrected chi connectivity index (χ1v) is 6.59. The third kappa shape index (κ3) is 4.76. The minimum Gasteiger partial charge on any atom is -0.435 e. The first kappa shape index (κ1) is 14.2. The molecule has 1 aromatic carbocycles. The summed E-state index contributed by atoms with van der Waals surface area (Å²) in [6, 6.07) is 7.41. The Kier molecular flexibility index (Phi) is 5.10. The molecule has 0 amide bonds. The van der Waals surface area contributed by atoms with Gasteiger partial charge in [-0.2, -0.15) is 8.78 Å². The lowest BCUT2D eigenvalue weighted by atomic mass is 10.2. The van der Waals surface area contributed by atoms with Crippen LogP contribution in [0.1, 0.15) is 18.4 Å². The molecule has 0 radical (unpaired) electrons. The second-order valence-corrected chi connectivity index (χ2v) is 5.01. The summed E-state index contributed by atoms with van der Waals surface area (Å²) in [6.45, 7) is 0.169. The molecule has 106 valence electrons. The highest BCUT2D eigenvalue weighted by molar-refractivity contribution is 5.27.